The van der Waals surface area contributed by atoms with Crippen LogP contribution in [0.25, 0.3) is 11.1 Å². The molecule has 0 saturated heterocycles. The molecule has 0 aliphatic carbocycles. The zero-order valence-corrected chi connectivity index (χ0v) is 14.4. The predicted octanol–water partition coefficient (Wildman–Crippen LogP) is 3.27. The molecule has 1 N–H and O–H groups in total. The second kappa shape index (κ2) is 8.45. The fourth-order valence-corrected chi connectivity index (χ4v) is 2.35. The molecule has 1 aromatic carbocycles. The van der Waals surface area contributed by atoms with Crippen LogP contribution < -0.4 is 4.74 Å². The lowest BCUT2D eigenvalue weighted by Crippen LogP contribution is -2.19. The molecule has 2 aromatic rings. The number of aromatic nitrogens is 1. The lowest BCUT2D eigenvalue weighted by molar-refractivity contribution is -0.137. The smallest absolute Gasteiger partial charge is 0.303 e. The molecule has 0 fully saturated rings. The van der Waals surface area contributed by atoms with Gasteiger partial charge in [-0.05, 0) is 49.3 Å². The fourth-order valence-electron chi connectivity index (χ4n) is 2.35. The molecule has 5 nitrogen and oxygen atoms in total. The van der Waals surface area contributed by atoms with Crippen molar-refractivity contribution in [3.05, 3.63) is 48.3 Å². The van der Waals surface area contributed by atoms with E-state index >= 15 is 0 Å². The average molecular weight is 328 g/mol. The van der Waals surface area contributed by atoms with Crippen LogP contribution in [0.1, 0.15) is 24.8 Å². The molecule has 0 amide bonds. The number of carbonyl (C=O) groups is 1. The summed E-state index contributed by atoms with van der Waals surface area (Å²) >= 11 is 0. The molecule has 1 atom stereocenters. The van der Waals surface area contributed by atoms with E-state index in [9.17, 15) is 4.79 Å². The molecule has 0 aliphatic rings. The van der Waals surface area contributed by atoms with Crippen LogP contribution in [0.2, 0.25) is 0 Å². The topological polar surface area (TPSA) is 62.7 Å². The van der Waals surface area contributed by atoms with Crippen LogP contribution in [-0.2, 0) is 4.79 Å². The van der Waals surface area contributed by atoms with Gasteiger partial charge in [0.2, 0.25) is 0 Å². The number of hydrogen-bond donors (Lipinski definition) is 1. The van der Waals surface area contributed by atoms with E-state index in [0.29, 0.717) is 6.61 Å². The molecule has 2 rings (SSSR count). The fraction of sp³-hybridized carbons (Fsp3) is 0.368. The van der Waals surface area contributed by atoms with E-state index in [-0.39, 0.29) is 12.3 Å². The van der Waals surface area contributed by atoms with Gasteiger partial charge in [0.25, 0.3) is 0 Å². The first-order valence-corrected chi connectivity index (χ1v) is 8.00. The number of pyridine rings is 1. The number of nitrogens with zero attached hydrogens (tertiary/aromatic N) is 2. The Morgan fingerprint density at radius 3 is 2.54 bits per heavy atom. The third-order valence-electron chi connectivity index (χ3n) is 3.80. The summed E-state index contributed by atoms with van der Waals surface area (Å²) in [6, 6.07) is 9.88. The van der Waals surface area contributed by atoms with Crippen LogP contribution in [-0.4, -0.2) is 48.2 Å². The largest absolute Gasteiger partial charge is 0.492 e. The Balaban J connectivity index is 2.07. The molecule has 0 bridgehead atoms. The monoisotopic (exact) mass is 328 g/mol. The summed E-state index contributed by atoms with van der Waals surface area (Å²) < 4.78 is 5.69. The van der Waals surface area contributed by atoms with Crippen LogP contribution >= 0.6 is 0 Å². The first-order valence-electron chi connectivity index (χ1n) is 8.00. The van der Waals surface area contributed by atoms with Gasteiger partial charge >= 0.3 is 5.97 Å². The van der Waals surface area contributed by atoms with Crippen molar-refractivity contribution in [2.24, 2.45) is 0 Å². The number of ether oxygens (including phenoxy) is 1. The summed E-state index contributed by atoms with van der Waals surface area (Å²) in [7, 11) is 4.02. The quantitative estimate of drug-likeness (QED) is 0.806. The highest BCUT2D eigenvalue weighted by Gasteiger charge is 2.11. The van der Waals surface area contributed by atoms with Crippen LogP contribution in [0, 0.1) is 0 Å². The van der Waals surface area contributed by atoms with Crippen LogP contribution in [0.5, 0.6) is 5.75 Å². The summed E-state index contributed by atoms with van der Waals surface area (Å²) in [4.78, 5) is 17.2. The molecule has 0 radical (unpaired) electrons. The van der Waals surface area contributed by atoms with Gasteiger partial charge in [0.05, 0.1) is 6.42 Å². The number of benzene rings is 1. The highest BCUT2D eigenvalue weighted by Crippen LogP contribution is 2.26. The van der Waals surface area contributed by atoms with Crippen molar-refractivity contribution in [3.8, 4) is 16.9 Å². The number of carboxylic acid groups (broad SMARTS) is 1. The minimum atomic E-state index is -0.799. The first kappa shape index (κ1) is 17.9. The minimum Gasteiger partial charge on any atom is -0.492 e. The van der Waals surface area contributed by atoms with Crippen molar-refractivity contribution in [1.29, 1.82) is 0 Å². The van der Waals surface area contributed by atoms with Crippen molar-refractivity contribution in [2.45, 2.75) is 19.3 Å². The Kier molecular flexibility index (Phi) is 6.32. The van der Waals surface area contributed by atoms with Crippen LogP contribution in [0.4, 0.5) is 0 Å². The summed E-state index contributed by atoms with van der Waals surface area (Å²) in [6.45, 7) is 3.42. The zero-order chi connectivity index (χ0) is 17.5. The molecule has 24 heavy (non-hydrogen) atoms. The first-order chi connectivity index (χ1) is 11.5. The minimum absolute atomic E-state index is 0.0661. The lowest BCUT2D eigenvalue weighted by atomic mass is 9.96. The maximum atomic E-state index is 10.9. The van der Waals surface area contributed by atoms with Gasteiger partial charge in [-0.25, -0.2) is 0 Å². The van der Waals surface area contributed by atoms with Crippen molar-refractivity contribution < 1.29 is 14.6 Å². The molecule has 0 aliphatic heterocycles. The van der Waals surface area contributed by atoms with E-state index in [0.717, 1.165) is 29.0 Å². The van der Waals surface area contributed by atoms with E-state index in [2.05, 4.69) is 9.88 Å². The summed E-state index contributed by atoms with van der Waals surface area (Å²) in [5, 5.41) is 8.93. The van der Waals surface area contributed by atoms with E-state index < -0.39 is 5.97 Å². The SMILES string of the molecule is CC(CC(=O)O)c1cncc(-c2ccc(OCCN(C)C)cc2)c1. The van der Waals surface area contributed by atoms with Crippen molar-refractivity contribution in [1.82, 2.24) is 9.88 Å². The number of likely N-dealkylation sites (N-methyl/N-ethyl adjacent to an activating group) is 1. The summed E-state index contributed by atoms with van der Waals surface area (Å²) in [6.07, 6.45) is 3.62. The molecular formula is C19H24N2O3. The molecule has 0 saturated carbocycles. The van der Waals surface area contributed by atoms with Gasteiger partial charge < -0.3 is 14.7 Å². The highest BCUT2D eigenvalue weighted by molar-refractivity contribution is 5.68. The lowest BCUT2D eigenvalue weighted by Gasteiger charge is -2.12. The number of rotatable bonds is 8. The summed E-state index contributed by atoms with van der Waals surface area (Å²) in [5.41, 5.74) is 2.94. The van der Waals surface area contributed by atoms with E-state index in [4.69, 9.17) is 9.84 Å². The van der Waals surface area contributed by atoms with Gasteiger partial charge in [-0.2, -0.15) is 0 Å². The van der Waals surface area contributed by atoms with Crippen molar-refractivity contribution in [2.75, 3.05) is 27.2 Å². The number of aliphatic carboxylic acids is 1. The van der Waals surface area contributed by atoms with Crippen molar-refractivity contribution >= 4 is 5.97 Å². The maximum Gasteiger partial charge on any atom is 0.303 e. The van der Waals surface area contributed by atoms with Gasteiger partial charge in [0, 0.05) is 24.5 Å². The van der Waals surface area contributed by atoms with Gasteiger partial charge in [0.1, 0.15) is 12.4 Å². The van der Waals surface area contributed by atoms with E-state index in [1.807, 2.05) is 51.4 Å². The zero-order valence-electron chi connectivity index (χ0n) is 14.4. The molecule has 5 heteroatoms. The van der Waals surface area contributed by atoms with Gasteiger partial charge in [-0.3, -0.25) is 9.78 Å². The number of carboxylic acids is 1. The Morgan fingerprint density at radius 1 is 1.21 bits per heavy atom. The predicted molar refractivity (Wildman–Crippen MR) is 94.4 cm³/mol. The third-order valence-corrected chi connectivity index (χ3v) is 3.80. The second-order valence-electron chi connectivity index (χ2n) is 6.18. The second-order valence-corrected chi connectivity index (χ2v) is 6.18. The van der Waals surface area contributed by atoms with Gasteiger partial charge in [-0.1, -0.05) is 19.1 Å². The Hall–Kier alpha value is -2.40. The normalized spacial score (nSPS) is 12.2. The van der Waals surface area contributed by atoms with E-state index in [1.165, 1.54) is 0 Å². The van der Waals surface area contributed by atoms with Crippen molar-refractivity contribution in [3.63, 3.8) is 0 Å². The summed E-state index contributed by atoms with van der Waals surface area (Å²) in [5.74, 6) is -0.0281. The Bertz CT molecular complexity index is 669. The number of hydrogen-bond acceptors (Lipinski definition) is 4. The van der Waals surface area contributed by atoms with Crippen LogP contribution in [0.15, 0.2) is 42.7 Å². The molecule has 1 heterocycles. The third kappa shape index (κ3) is 5.35. The molecule has 128 valence electrons. The standard InChI is InChI=1S/C19H24N2O3/c1-14(10-19(22)23)16-11-17(13-20-12-16)15-4-6-18(7-5-15)24-9-8-21(2)3/h4-7,11-14H,8-10H2,1-3H3,(H,22,23). The molecule has 1 unspecified atom stereocenters. The Morgan fingerprint density at radius 2 is 1.92 bits per heavy atom. The molecular weight excluding hydrogens is 304 g/mol. The molecule has 1 aromatic heterocycles. The van der Waals surface area contributed by atoms with Crippen LogP contribution in [0.3, 0.4) is 0 Å². The highest BCUT2D eigenvalue weighted by atomic mass is 16.5. The Labute approximate surface area is 142 Å². The van der Waals surface area contributed by atoms with Gasteiger partial charge in [-0.15, -0.1) is 0 Å². The molecule has 0 spiro atoms. The van der Waals surface area contributed by atoms with Gasteiger partial charge in [0.15, 0.2) is 0 Å². The van der Waals surface area contributed by atoms with E-state index in [1.54, 1.807) is 12.4 Å². The maximum absolute atomic E-state index is 10.9. The average Bonchev–Trinajstić information content (AvgIpc) is 2.55.